The first-order valence-corrected chi connectivity index (χ1v) is 3.04. The van der Waals surface area contributed by atoms with Gasteiger partial charge >= 0.3 is 5.97 Å². The molecule has 0 aromatic heterocycles. The van der Waals surface area contributed by atoms with Crippen LogP contribution in [0.25, 0.3) is 0 Å². The summed E-state index contributed by atoms with van der Waals surface area (Å²) in [5, 5.41) is 0. The third-order valence-electron chi connectivity index (χ3n) is 1.76. The van der Waals surface area contributed by atoms with E-state index >= 15 is 0 Å². The maximum atomic E-state index is 10.7. The Morgan fingerprint density at radius 3 is 2.56 bits per heavy atom. The lowest BCUT2D eigenvalue weighted by Gasteiger charge is -2.34. The quantitative estimate of drug-likeness (QED) is 0.462. The van der Waals surface area contributed by atoms with Crippen LogP contribution in [0.3, 0.4) is 0 Å². The minimum atomic E-state index is -0.108. The fourth-order valence-electron chi connectivity index (χ4n) is 0.950. The van der Waals surface area contributed by atoms with E-state index in [0.29, 0.717) is 0 Å². The lowest BCUT2D eigenvalue weighted by Crippen LogP contribution is -2.50. The Labute approximate surface area is 54.6 Å². The highest BCUT2D eigenvalue weighted by Crippen LogP contribution is 2.14. The smallest absolute Gasteiger partial charge is 0.323 e. The Morgan fingerprint density at radius 1 is 1.78 bits per heavy atom. The van der Waals surface area contributed by atoms with Gasteiger partial charge < -0.3 is 4.74 Å². The van der Waals surface area contributed by atoms with Gasteiger partial charge in [0.2, 0.25) is 0 Å². The molecule has 0 saturated carbocycles. The fraction of sp³-hybridized carbons (Fsp3) is 0.833. The van der Waals surface area contributed by atoms with Crippen LogP contribution in [0.15, 0.2) is 0 Å². The second-order valence-electron chi connectivity index (χ2n) is 2.31. The van der Waals surface area contributed by atoms with Crippen LogP contribution in [0.5, 0.6) is 0 Å². The molecule has 1 heterocycles. The molecule has 0 bridgehead atoms. The number of carbonyl (C=O) groups excluding carboxylic acids is 1. The fourth-order valence-corrected chi connectivity index (χ4v) is 0.950. The molecular weight excluding hydrogens is 118 g/mol. The third kappa shape index (κ3) is 1.05. The van der Waals surface area contributed by atoms with Crippen molar-refractivity contribution >= 4 is 5.97 Å². The van der Waals surface area contributed by atoms with Crippen molar-refractivity contribution in [3.8, 4) is 0 Å². The number of hydrogen-bond donors (Lipinski definition) is 0. The maximum absolute atomic E-state index is 10.7. The van der Waals surface area contributed by atoms with Crippen LogP contribution < -0.4 is 0 Å². The number of likely N-dealkylation sites (N-methyl/N-ethyl adjacent to an activating group) is 1. The van der Waals surface area contributed by atoms with Crippen molar-refractivity contribution < 1.29 is 9.53 Å². The Morgan fingerprint density at radius 2 is 2.44 bits per heavy atom. The summed E-state index contributed by atoms with van der Waals surface area (Å²) in [5.41, 5.74) is 0. The summed E-state index contributed by atoms with van der Waals surface area (Å²) < 4.78 is 4.54. The predicted molar refractivity (Wildman–Crippen MR) is 33.1 cm³/mol. The summed E-state index contributed by atoms with van der Waals surface area (Å²) in [4.78, 5) is 12.7. The van der Waals surface area contributed by atoms with Crippen LogP contribution in [0.1, 0.15) is 6.42 Å². The maximum Gasteiger partial charge on any atom is 0.323 e. The largest absolute Gasteiger partial charge is 0.468 e. The van der Waals surface area contributed by atoms with Gasteiger partial charge in [-0.25, -0.2) is 0 Å². The number of ether oxygens (including phenoxy) is 1. The third-order valence-corrected chi connectivity index (χ3v) is 1.76. The van der Waals surface area contributed by atoms with Crippen molar-refractivity contribution in [2.75, 3.05) is 20.7 Å². The van der Waals surface area contributed by atoms with E-state index in [1.165, 1.54) is 7.11 Å². The van der Waals surface area contributed by atoms with E-state index in [4.69, 9.17) is 0 Å². The van der Waals surface area contributed by atoms with Gasteiger partial charge in [-0.15, -0.1) is 0 Å². The molecule has 1 aliphatic heterocycles. The average molecular weight is 129 g/mol. The summed E-state index contributed by atoms with van der Waals surface area (Å²) in [6.07, 6.45) is 0.948. The van der Waals surface area contributed by atoms with Crippen LogP contribution in [0.2, 0.25) is 0 Å². The van der Waals surface area contributed by atoms with Crippen molar-refractivity contribution in [1.29, 1.82) is 0 Å². The highest BCUT2D eigenvalue weighted by atomic mass is 16.5. The molecule has 1 saturated heterocycles. The Balaban J connectivity index is 2.35. The molecule has 3 heteroatoms. The Hall–Kier alpha value is -0.570. The van der Waals surface area contributed by atoms with Crippen molar-refractivity contribution in [3.05, 3.63) is 0 Å². The first-order chi connectivity index (χ1) is 4.25. The standard InChI is InChI=1S/C6H11NO2/c1-7-4-3-5(7)6(8)9-2/h5H,3-4H2,1-2H3/t5-/m0/s1. The van der Waals surface area contributed by atoms with Gasteiger partial charge in [0, 0.05) is 6.54 Å². The minimum absolute atomic E-state index is 0.0370. The zero-order valence-electron chi connectivity index (χ0n) is 5.76. The van der Waals surface area contributed by atoms with Gasteiger partial charge in [0.15, 0.2) is 0 Å². The van der Waals surface area contributed by atoms with Crippen LogP contribution in [0, 0.1) is 0 Å². The topological polar surface area (TPSA) is 29.5 Å². The normalized spacial score (nSPS) is 27.1. The van der Waals surface area contributed by atoms with Gasteiger partial charge in [0.25, 0.3) is 0 Å². The molecule has 1 atom stereocenters. The molecular formula is C6H11NO2. The summed E-state index contributed by atoms with van der Waals surface area (Å²) in [7, 11) is 3.35. The Bertz CT molecular complexity index is 124. The van der Waals surface area contributed by atoms with Crippen molar-refractivity contribution in [1.82, 2.24) is 4.90 Å². The highest BCUT2D eigenvalue weighted by molar-refractivity contribution is 5.76. The molecule has 0 aromatic carbocycles. The van der Waals surface area contributed by atoms with E-state index < -0.39 is 0 Å². The highest BCUT2D eigenvalue weighted by Gasteiger charge is 2.31. The summed E-state index contributed by atoms with van der Waals surface area (Å²) >= 11 is 0. The van der Waals surface area contributed by atoms with Gasteiger partial charge in [-0.1, -0.05) is 0 Å². The number of esters is 1. The average Bonchev–Trinajstić information content (AvgIpc) is 1.84. The number of hydrogen-bond acceptors (Lipinski definition) is 3. The minimum Gasteiger partial charge on any atom is -0.468 e. The molecule has 9 heavy (non-hydrogen) atoms. The Kier molecular flexibility index (Phi) is 1.71. The van der Waals surface area contributed by atoms with E-state index in [0.717, 1.165) is 13.0 Å². The van der Waals surface area contributed by atoms with E-state index in [2.05, 4.69) is 4.74 Å². The van der Waals surface area contributed by atoms with Gasteiger partial charge in [0.05, 0.1) is 7.11 Å². The van der Waals surface area contributed by atoms with Crippen molar-refractivity contribution in [2.24, 2.45) is 0 Å². The monoisotopic (exact) mass is 129 g/mol. The van der Waals surface area contributed by atoms with Gasteiger partial charge in [-0.2, -0.15) is 0 Å². The SMILES string of the molecule is COC(=O)[C@@H]1CCN1C. The molecule has 0 amide bonds. The summed E-state index contributed by atoms with van der Waals surface area (Å²) in [6.45, 7) is 1.01. The van der Waals surface area contributed by atoms with Crippen LogP contribution >= 0.6 is 0 Å². The summed E-state index contributed by atoms with van der Waals surface area (Å²) in [6, 6.07) is 0.0370. The van der Waals surface area contributed by atoms with Crippen LogP contribution in [0.4, 0.5) is 0 Å². The summed E-state index contributed by atoms with van der Waals surface area (Å²) in [5.74, 6) is -0.108. The molecule has 0 aliphatic carbocycles. The van der Waals surface area contributed by atoms with Crippen molar-refractivity contribution in [3.63, 3.8) is 0 Å². The van der Waals surface area contributed by atoms with E-state index in [1.807, 2.05) is 11.9 Å². The lowest BCUT2D eigenvalue weighted by atomic mass is 10.1. The van der Waals surface area contributed by atoms with Crippen molar-refractivity contribution in [2.45, 2.75) is 12.5 Å². The van der Waals surface area contributed by atoms with E-state index in [9.17, 15) is 4.79 Å². The molecule has 3 nitrogen and oxygen atoms in total. The van der Waals surface area contributed by atoms with Gasteiger partial charge in [0.1, 0.15) is 6.04 Å². The molecule has 0 N–H and O–H groups in total. The number of likely N-dealkylation sites (tertiary alicyclic amines) is 1. The number of rotatable bonds is 1. The van der Waals surface area contributed by atoms with Gasteiger partial charge in [-0.05, 0) is 13.5 Å². The second-order valence-corrected chi connectivity index (χ2v) is 2.31. The first kappa shape index (κ1) is 6.55. The van der Waals surface area contributed by atoms with Crippen LogP contribution in [-0.4, -0.2) is 37.6 Å². The molecule has 0 aromatic rings. The van der Waals surface area contributed by atoms with E-state index in [1.54, 1.807) is 0 Å². The molecule has 1 rings (SSSR count). The molecule has 1 aliphatic rings. The number of methoxy groups -OCH3 is 1. The second kappa shape index (κ2) is 2.35. The first-order valence-electron chi connectivity index (χ1n) is 3.04. The predicted octanol–water partition coefficient (Wildman–Crippen LogP) is -0.137. The van der Waals surface area contributed by atoms with Gasteiger partial charge in [-0.3, -0.25) is 9.69 Å². The number of carbonyl (C=O) groups is 1. The molecule has 0 spiro atoms. The zero-order valence-corrected chi connectivity index (χ0v) is 5.76. The molecule has 0 radical (unpaired) electrons. The lowest BCUT2D eigenvalue weighted by molar-refractivity contribution is -0.150. The van der Waals surface area contributed by atoms with E-state index in [-0.39, 0.29) is 12.0 Å². The molecule has 0 unspecified atom stereocenters. The molecule has 52 valence electrons. The van der Waals surface area contributed by atoms with Crippen LogP contribution in [-0.2, 0) is 9.53 Å². The number of nitrogens with zero attached hydrogens (tertiary/aromatic N) is 1. The molecule has 1 fully saturated rings. The zero-order chi connectivity index (χ0) is 6.85.